The van der Waals surface area contributed by atoms with Crippen LogP contribution in [0, 0.1) is 5.95 Å². The molecule has 0 saturated carbocycles. The molecule has 1 aromatic heterocycles. The van der Waals surface area contributed by atoms with E-state index in [1.54, 1.807) is 30.3 Å². The van der Waals surface area contributed by atoms with Gasteiger partial charge < -0.3 is 10.2 Å². The number of hydrogen-bond donors (Lipinski definition) is 1. The first-order valence-electron chi connectivity index (χ1n) is 8.51. The Labute approximate surface area is 151 Å². The Hall–Kier alpha value is -2.80. The topological polar surface area (TPSA) is 65.5 Å². The summed E-state index contributed by atoms with van der Waals surface area (Å²) in [5.74, 6) is -0.584. The van der Waals surface area contributed by atoms with Gasteiger partial charge in [0.2, 0.25) is 11.9 Å². The number of anilines is 2. The van der Waals surface area contributed by atoms with Crippen LogP contribution in [-0.2, 0) is 4.79 Å². The summed E-state index contributed by atoms with van der Waals surface area (Å²) in [5, 5.41) is 2.84. The predicted molar refractivity (Wildman–Crippen MR) is 97.9 cm³/mol. The number of ketones is 1. The number of Topliss-reactive ketones (excluding diaryl/α,β-unsaturated/α-hetero) is 1. The Balaban J connectivity index is 1.48. The number of pyridine rings is 1. The summed E-state index contributed by atoms with van der Waals surface area (Å²) >= 11 is 0. The van der Waals surface area contributed by atoms with E-state index in [0.29, 0.717) is 17.8 Å². The highest BCUT2D eigenvalue weighted by molar-refractivity contribution is 5.96. The molecule has 1 amide bonds. The molecule has 2 aromatic rings. The zero-order valence-electron chi connectivity index (χ0n) is 14.6. The number of rotatable bonds is 5. The number of carbonyl (C=O) groups is 2. The van der Waals surface area contributed by atoms with E-state index in [1.807, 2.05) is 0 Å². The van der Waals surface area contributed by atoms with Crippen LogP contribution in [0.4, 0.5) is 15.8 Å². The Morgan fingerprint density at radius 1 is 1.12 bits per heavy atom. The van der Waals surface area contributed by atoms with Crippen LogP contribution in [0.3, 0.4) is 0 Å². The number of hydrogen-bond acceptors (Lipinski definition) is 5. The Morgan fingerprint density at radius 2 is 1.81 bits per heavy atom. The van der Waals surface area contributed by atoms with Crippen LogP contribution < -0.4 is 10.2 Å². The van der Waals surface area contributed by atoms with Gasteiger partial charge >= 0.3 is 0 Å². The predicted octanol–water partition coefficient (Wildman–Crippen LogP) is 2.18. The summed E-state index contributed by atoms with van der Waals surface area (Å²) in [7, 11) is 0. The van der Waals surface area contributed by atoms with Crippen LogP contribution in [0.25, 0.3) is 0 Å². The third kappa shape index (κ3) is 4.64. The number of piperazine rings is 1. The Kier molecular flexibility index (Phi) is 5.58. The lowest BCUT2D eigenvalue weighted by Crippen LogP contribution is -2.48. The molecule has 2 heterocycles. The van der Waals surface area contributed by atoms with Gasteiger partial charge in [0.05, 0.1) is 6.54 Å². The summed E-state index contributed by atoms with van der Waals surface area (Å²) in [6.07, 6.45) is 1.46. The van der Waals surface area contributed by atoms with Crippen molar-refractivity contribution in [3.05, 3.63) is 54.1 Å². The Morgan fingerprint density at radius 3 is 2.42 bits per heavy atom. The van der Waals surface area contributed by atoms with Crippen molar-refractivity contribution < 1.29 is 14.0 Å². The Bertz CT molecular complexity index is 786. The van der Waals surface area contributed by atoms with E-state index in [4.69, 9.17) is 0 Å². The number of halogens is 1. The third-order valence-electron chi connectivity index (χ3n) is 4.39. The molecule has 26 heavy (non-hydrogen) atoms. The number of benzene rings is 1. The molecule has 136 valence electrons. The first kappa shape index (κ1) is 18.0. The van der Waals surface area contributed by atoms with Crippen molar-refractivity contribution in [2.24, 2.45) is 0 Å². The van der Waals surface area contributed by atoms with E-state index in [0.717, 1.165) is 31.9 Å². The van der Waals surface area contributed by atoms with Crippen molar-refractivity contribution >= 4 is 23.1 Å². The molecule has 1 aliphatic rings. The first-order chi connectivity index (χ1) is 12.5. The van der Waals surface area contributed by atoms with Crippen molar-refractivity contribution in [3.8, 4) is 0 Å². The molecular formula is C19H21FN4O2. The maximum Gasteiger partial charge on any atom is 0.238 e. The number of carbonyl (C=O) groups excluding carboxylic acids is 2. The van der Waals surface area contributed by atoms with Crippen molar-refractivity contribution in [1.29, 1.82) is 0 Å². The zero-order valence-corrected chi connectivity index (χ0v) is 14.6. The quantitative estimate of drug-likeness (QED) is 0.657. The molecular weight excluding hydrogens is 335 g/mol. The highest BCUT2D eigenvalue weighted by Gasteiger charge is 2.19. The number of nitrogens with zero attached hydrogens (tertiary/aromatic N) is 3. The maximum atomic E-state index is 13.2. The average Bonchev–Trinajstić information content (AvgIpc) is 2.62. The van der Waals surface area contributed by atoms with Crippen LogP contribution in [0.2, 0.25) is 0 Å². The zero-order chi connectivity index (χ0) is 18.5. The van der Waals surface area contributed by atoms with Gasteiger partial charge in [-0.2, -0.15) is 4.39 Å². The van der Waals surface area contributed by atoms with E-state index in [1.165, 1.54) is 19.2 Å². The molecule has 1 fully saturated rings. The lowest BCUT2D eigenvalue weighted by atomic mass is 10.1. The van der Waals surface area contributed by atoms with Gasteiger partial charge in [-0.15, -0.1) is 0 Å². The van der Waals surface area contributed by atoms with E-state index >= 15 is 0 Å². The second kappa shape index (κ2) is 8.05. The van der Waals surface area contributed by atoms with Gasteiger partial charge in [0.25, 0.3) is 0 Å². The first-order valence-corrected chi connectivity index (χ1v) is 8.51. The monoisotopic (exact) mass is 356 g/mol. The SMILES string of the molecule is CC(=O)c1ccc(NC(=O)CN2CCN(c3ccnc(F)c3)CC2)cc1. The van der Waals surface area contributed by atoms with Gasteiger partial charge in [0, 0.05) is 55.4 Å². The average molecular weight is 356 g/mol. The fourth-order valence-corrected chi connectivity index (χ4v) is 2.95. The molecule has 7 heteroatoms. The van der Waals surface area contributed by atoms with Gasteiger partial charge in [-0.3, -0.25) is 14.5 Å². The summed E-state index contributed by atoms with van der Waals surface area (Å²) < 4.78 is 13.2. The van der Waals surface area contributed by atoms with E-state index < -0.39 is 5.95 Å². The highest BCUT2D eigenvalue weighted by atomic mass is 19.1. The highest BCUT2D eigenvalue weighted by Crippen LogP contribution is 2.16. The fraction of sp³-hybridized carbons (Fsp3) is 0.316. The molecule has 0 radical (unpaired) electrons. The second-order valence-corrected chi connectivity index (χ2v) is 6.28. The molecule has 1 saturated heterocycles. The van der Waals surface area contributed by atoms with Crippen LogP contribution >= 0.6 is 0 Å². The molecule has 1 N–H and O–H groups in total. The standard InChI is InChI=1S/C19H21FN4O2/c1-14(25)15-2-4-16(5-3-15)22-19(26)13-23-8-10-24(11-9-23)17-6-7-21-18(20)12-17/h2-7,12H,8-11,13H2,1H3,(H,22,26). The third-order valence-corrected chi connectivity index (χ3v) is 4.39. The fourth-order valence-electron chi connectivity index (χ4n) is 2.95. The molecule has 0 atom stereocenters. The molecule has 0 bridgehead atoms. The van der Waals surface area contributed by atoms with Crippen molar-refractivity contribution in [1.82, 2.24) is 9.88 Å². The van der Waals surface area contributed by atoms with Crippen LogP contribution in [0.15, 0.2) is 42.6 Å². The smallest absolute Gasteiger partial charge is 0.238 e. The second-order valence-electron chi connectivity index (χ2n) is 6.28. The van der Waals surface area contributed by atoms with E-state index in [-0.39, 0.29) is 11.7 Å². The molecule has 0 spiro atoms. The van der Waals surface area contributed by atoms with Gasteiger partial charge in [0.15, 0.2) is 5.78 Å². The van der Waals surface area contributed by atoms with Gasteiger partial charge in [-0.25, -0.2) is 4.98 Å². The van der Waals surface area contributed by atoms with Crippen LogP contribution in [0.1, 0.15) is 17.3 Å². The molecule has 1 aromatic carbocycles. The minimum absolute atomic E-state index is 0.00479. The van der Waals surface area contributed by atoms with Gasteiger partial charge in [0.1, 0.15) is 0 Å². The maximum absolute atomic E-state index is 13.2. The summed E-state index contributed by atoms with van der Waals surface area (Å²) in [6.45, 7) is 4.70. The van der Waals surface area contributed by atoms with Gasteiger partial charge in [-0.05, 0) is 37.3 Å². The van der Waals surface area contributed by atoms with Gasteiger partial charge in [-0.1, -0.05) is 0 Å². The number of nitrogens with one attached hydrogen (secondary N) is 1. The molecule has 6 nitrogen and oxygen atoms in total. The largest absolute Gasteiger partial charge is 0.369 e. The minimum Gasteiger partial charge on any atom is -0.369 e. The van der Waals surface area contributed by atoms with Crippen molar-refractivity contribution in [2.75, 3.05) is 42.9 Å². The normalized spacial score (nSPS) is 14.9. The van der Waals surface area contributed by atoms with E-state index in [9.17, 15) is 14.0 Å². The number of aromatic nitrogens is 1. The number of amides is 1. The van der Waals surface area contributed by atoms with Crippen molar-refractivity contribution in [2.45, 2.75) is 6.92 Å². The lowest BCUT2D eigenvalue weighted by molar-refractivity contribution is -0.117. The van der Waals surface area contributed by atoms with Crippen LogP contribution in [-0.4, -0.2) is 54.3 Å². The van der Waals surface area contributed by atoms with Crippen molar-refractivity contribution in [3.63, 3.8) is 0 Å². The molecule has 1 aliphatic heterocycles. The molecule has 0 aliphatic carbocycles. The van der Waals surface area contributed by atoms with Crippen LogP contribution in [0.5, 0.6) is 0 Å². The minimum atomic E-state index is -0.486. The van der Waals surface area contributed by atoms with E-state index in [2.05, 4.69) is 20.1 Å². The summed E-state index contributed by atoms with van der Waals surface area (Å²) in [5.41, 5.74) is 2.10. The molecule has 3 rings (SSSR count). The molecule has 0 unspecified atom stereocenters. The summed E-state index contributed by atoms with van der Waals surface area (Å²) in [6, 6.07) is 10.1. The summed E-state index contributed by atoms with van der Waals surface area (Å²) in [4.78, 5) is 31.2. The lowest BCUT2D eigenvalue weighted by Gasteiger charge is -2.35.